The average Bonchev–Trinajstić information content (AvgIpc) is 3.38. The lowest BCUT2D eigenvalue weighted by Gasteiger charge is -2.40. The van der Waals surface area contributed by atoms with Crippen molar-refractivity contribution in [2.24, 2.45) is 45.7 Å². The Hall–Kier alpha value is -2.63. The van der Waals surface area contributed by atoms with Gasteiger partial charge in [-0.05, 0) is 42.4 Å². The molecule has 4 N–H and O–H groups in total. The minimum absolute atomic E-state index is 0.0642. The summed E-state index contributed by atoms with van der Waals surface area (Å²) in [6.45, 7) is 10.6. The highest BCUT2D eigenvalue weighted by Gasteiger charge is 2.83. The van der Waals surface area contributed by atoms with Gasteiger partial charge in [0.1, 0.15) is 12.1 Å². The summed E-state index contributed by atoms with van der Waals surface area (Å²) < 4.78 is 0. The van der Waals surface area contributed by atoms with Gasteiger partial charge in [-0.25, -0.2) is 0 Å². The summed E-state index contributed by atoms with van der Waals surface area (Å²) in [5.74, 6) is -2.20. The maximum absolute atomic E-state index is 14.0. The first-order valence-electron chi connectivity index (χ1n) is 13.4. The van der Waals surface area contributed by atoms with Crippen LogP contribution in [0.3, 0.4) is 0 Å². The quantitative estimate of drug-likeness (QED) is 0.488. The van der Waals surface area contributed by atoms with Crippen LogP contribution in [0.4, 0.5) is 0 Å². The molecule has 9 heteroatoms. The number of nitrogens with two attached hydrogens (primary N) is 1. The summed E-state index contributed by atoms with van der Waals surface area (Å²) in [7, 11) is 0. The Labute approximate surface area is 213 Å². The maximum atomic E-state index is 14.0. The van der Waals surface area contributed by atoms with Crippen LogP contribution in [0.5, 0.6) is 0 Å². The molecule has 4 fully saturated rings. The predicted octanol–water partition coefficient (Wildman–Crippen LogP) is 1.71. The Kier molecular flexibility index (Phi) is 6.64. The average molecular weight is 500 g/mol. The van der Waals surface area contributed by atoms with Crippen molar-refractivity contribution >= 4 is 23.6 Å². The van der Waals surface area contributed by atoms with Gasteiger partial charge in [0.05, 0.1) is 12.0 Å². The normalized spacial score (nSPS) is 32.8. The summed E-state index contributed by atoms with van der Waals surface area (Å²) in [6.07, 6.45) is 4.66. The van der Waals surface area contributed by atoms with Crippen molar-refractivity contribution in [2.75, 3.05) is 13.1 Å². The summed E-state index contributed by atoms with van der Waals surface area (Å²) in [4.78, 5) is 53.9. The molecule has 0 aromatic rings. The molecule has 2 heterocycles. The largest absolute Gasteiger partial charge is 0.368 e. The van der Waals surface area contributed by atoms with Crippen LogP contribution >= 0.6 is 0 Å². The number of hydrogen-bond donors (Lipinski definition) is 3. The fourth-order valence-corrected chi connectivity index (χ4v) is 7.68. The third-order valence-corrected chi connectivity index (χ3v) is 9.72. The van der Waals surface area contributed by atoms with Crippen molar-refractivity contribution in [2.45, 2.75) is 85.2 Å². The minimum Gasteiger partial charge on any atom is -0.368 e. The standard InChI is InChI=1S/C27H41N5O4/c1-25(2,3)19(31-23(35)15-8-6-7-9-15)24(36)32-14-18-26(4,5)27(18,20(32)21(29)33)17(13-28)12-16-10-11-30-22(16)34/h15-20H,6-12,14H2,1-5H3,(H2,29,33)(H,30,34)(H,31,35)/t16-,17-,18?,19-,20?,27?/m1/s1. The molecule has 2 saturated heterocycles. The Balaban J connectivity index is 1.64. The number of rotatable bonds is 7. The van der Waals surface area contributed by atoms with Crippen molar-refractivity contribution in [3.05, 3.63) is 0 Å². The molecule has 0 radical (unpaired) electrons. The van der Waals surface area contributed by atoms with E-state index < -0.39 is 34.7 Å². The number of hydrogen-bond acceptors (Lipinski definition) is 5. The summed E-state index contributed by atoms with van der Waals surface area (Å²) in [5.41, 5.74) is 4.19. The van der Waals surface area contributed by atoms with Crippen LogP contribution in [0.15, 0.2) is 0 Å². The van der Waals surface area contributed by atoms with Gasteiger partial charge in [-0.1, -0.05) is 47.5 Å². The number of likely N-dealkylation sites (tertiary alicyclic amines) is 1. The molecule has 9 nitrogen and oxygen atoms in total. The predicted molar refractivity (Wildman–Crippen MR) is 133 cm³/mol. The van der Waals surface area contributed by atoms with Gasteiger partial charge >= 0.3 is 0 Å². The molecule has 198 valence electrons. The molecule has 2 saturated carbocycles. The molecule has 2 aliphatic carbocycles. The number of piperidine rings is 1. The molecule has 3 unspecified atom stereocenters. The van der Waals surface area contributed by atoms with E-state index in [1.165, 1.54) is 4.90 Å². The molecule has 2 aliphatic heterocycles. The Morgan fingerprint density at radius 3 is 2.36 bits per heavy atom. The molecule has 36 heavy (non-hydrogen) atoms. The molecule has 0 aromatic carbocycles. The fourth-order valence-electron chi connectivity index (χ4n) is 7.68. The minimum atomic E-state index is -0.965. The van der Waals surface area contributed by atoms with E-state index in [4.69, 9.17) is 5.73 Å². The molecule has 0 spiro atoms. The van der Waals surface area contributed by atoms with E-state index in [0.717, 1.165) is 25.7 Å². The van der Waals surface area contributed by atoms with Gasteiger partial charge in [0.25, 0.3) is 0 Å². The molecule has 4 rings (SSSR count). The topological polar surface area (TPSA) is 145 Å². The molecular formula is C27H41N5O4. The van der Waals surface area contributed by atoms with Gasteiger partial charge in [-0.3, -0.25) is 19.2 Å². The first-order chi connectivity index (χ1) is 16.8. The van der Waals surface area contributed by atoms with Crippen molar-refractivity contribution in [3.63, 3.8) is 0 Å². The molecule has 0 aromatic heterocycles. The maximum Gasteiger partial charge on any atom is 0.246 e. The first kappa shape index (κ1) is 26.4. The van der Waals surface area contributed by atoms with E-state index in [1.54, 1.807) is 0 Å². The highest BCUT2D eigenvalue weighted by atomic mass is 16.2. The number of primary amides is 1. The monoisotopic (exact) mass is 499 g/mol. The Morgan fingerprint density at radius 2 is 1.86 bits per heavy atom. The van der Waals surface area contributed by atoms with Gasteiger partial charge < -0.3 is 21.3 Å². The number of carbonyl (C=O) groups excluding carboxylic acids is 4. The second kappa shape index (κ2) is 9.04. The van der Waals surface area contributed by atoms with Crippen LogP contribution in [0.2, 0.25) is 0 Å². The zero-order valence-electron chi connectivity index (χ0n) is 22.2. The summed E-state index contributed by atoms with van der Waals surface area (Å²) >= 11 is 0. The van der Waals surface area contributed by atoms with Gasteiger partial charge in [0.15, 0.2) is 0 Å². The van der Waals surface area contributed by atoms with Crippen LogP contribution in [0.1, 0.15) is 73.1 Å². The third kappa shape index (κ3) is 3.97. The van der Waals surface area contributed by atoms with Crippen LogP contribution in [0.25, 0.3) is 0 Å². The highest BCUT2D eigenvalue weighted by Crippen LogP contribution is 2.78. The van der Waals surface area contributed by atoms with Crippen molar-refractivity contribution in [3.8, 4) is 6.07 Å². The lowest BCUT2D eigenvalue weighted by molar-refractivity contribution is -0.147. The lowest BCUT2D eigenvalue weighted by atomic mass is 9.73. The number of amides is 4. The van der Waals surface area contributed by atoms with E-state index in [2.05, 4.69) is 16.7 Å². The Bertz CT molecular complexity index is 989. The van der Waals surface area contributed by atoms with Crippen LogP contribution in [-0.4, -0.2) is 53.7 Å². The van der Waals surface area contributed by atoms with Gasteiger partial charge in [-0.15, -0.1) is 0 Å². The van der Waals surface area contributed by atoms with E-state index in [0.29, 0.717) is 25.9 Å². The molecule has 0 bridgehead atoms. The first-order valence-corrected chi connectivity index (χ1v) is 13.4. The number of nitrogens with zero attached hydrogens (tertiary/aromatic N) is 2. The van der Waals surface area contributed by atoms with Crippen molar-refractivity contribution < 1.29 is 19.2 Å². The summed E-state index contributed by atoms with van der Waals surface area (Å²) in [5, 5.41) is 16.1. The smallest absolute Gasteiger partial charge is 0.246 e. The second-order valence-corrected chi connectivity index (χ2v) is 13.0. The lowest BCUT2D eigenvalue weighted by Crippen LogP contribution is -2.61. The molecule has 6 atom stereocenters. The van der Waals surface area contributed by atoms with Crippen molar-refractivity contribution in [1.29, 1.82) is 5.26 Å². The van der Waals surface area contributed by atoms with Gasteiger partial charge in [0.2, 0.25) is 23.6 Å². The zero-order valence-corrected chi connectivity index (χ0v) is 22.2. The molecule has 4 aliphatic rings. The molecule has 4 amide bonds. The van der Waals surface area contributed by atoms with E-state index in [-0.39, 0.29) is 40.9 Å². The van der Waals surface area contributed by atoms with E-state index in [1.807, 2.05) is 34.6 Å². The SMILES string of the molecule is CC(C)(C)[C@H](NC(=O)C1CCCC1)C(=O)N1CC2C(C)(C)C2([C@@H](C#N)C[C@H]2CCNC2=O)C1C(N)=O. The number of nitrogens with one attached hydrogen (secondary N) is 2. The van der Waals surface area contributed by atoms with Crippen LogP contribution in [0, 0.1) is 51.2 Å². The van der Waals surface area contributed by atoms with Gasteiger partial charge in [0, 0.05) is 30.3 Å². The number of carbonyl (C=O) groups is 4. The van der Waals surface area contributed by atoms with Crippen LogP contribution in [-0.2, 0) is 19.2 Å². The Morgan fingerprint density at radius 1 is 1.22 bits per heavy atom. The number of fused-ring (bicyclic) bond motifs is 1. The van der Waals surface area contributed by atoms with Crippen molar-refractivity contribution in [1.82, 2.24) is 15.5 Å². The fraction of sp³-hybridized carbons (Fsp3) is 0.815. The van der Waals surface area contributed by atoms with Crippen LogP contribution < -0.4 is 16.4 Å². The zero-order chi connectivity index (χ0) is 26.6. The molecular weight excluding hydrogens is 458 g/mol. The third-order valence-electron chi connectivity index (χ3n) is 9.72. The highest BCUT2D eigenvalue weighted by molar-refractivity contribution is 5.94. The van der Waals surface area contributed by atoms with E-state index in [9.17, 15) is 24.4 Å². The van der Waals surface area contributed by atoms with Gasteiger partial charge in [-0.2, -0.15) is 5.26 Å². The van der Waals surface area contributed by atoms with E-state index >= 15 is 0 Å². The second-order valence-electron chi connectivity index (χ2n) is 13.0. The number of nitriles is 1. The summed E-state index contributed by atoms with van der Waals surface area (Å²) in [6, 6.07) is 0.628.